The van der Waals surface area contributed by atoms with Gasteiger partial charge in [-0.05, 0) is 12.1 Å². The number of nitrogens with zero attached hydrogens (tertiary/aromatic N) is 1. The normalized spacial score (nSPS) is 16.4. The first kappa shape index (κ1) is 11.4. The van der Waals surface area contributed by atoms with E-state index >= 15 is 0 Å². The minimum atomic E-state index is 0.0354. The van der Waals surface area contributed by atoms with Crippen molar-refractivity contribution in [2.75, 3.05) is 17.8 Å². The molecule has 1 fully saturated rings. The topological polar surface area (TPSA) is 29.5 Å². The number of amides is 1. The Labute approximate surface area is 104 Å². The molecule has 1 aromatic carbocycles. The van der Waals surface area contributed by atoms with E-state index in [1.54, 1.807) is 12.0 Å². The Morgan fingerprint density at radius 3 is 2.88 bits per heavy atom. The van der Waals surface area contributed by atoms with Crippen LogP contribution in [0.15, 0.2) is 24.3 Å². The van der Waals surface area contributed by atoms with Gasteiger partial charge in [-0.1, -0.05) is 36.1 Å². The lowest BCUT2D eigenvalue weighted by Crippen LogP contribution is -2.38. The average molecular weight is 253 g/mol. The van der Waals surface area contributed by atoms with Crippen LogP contribution in [0.25, 0.3) is 0 Å². The van der Waals surface area contributed by atoms with Gasteiger partial charge in [-0.2, -0.15) is 0 Å². The molecule has 84 valence electrons. The highest BCUT2D eigenvalue weighted by molar-refractivity contribution is 8.23. The molecule has 0 N–H and O–H groups in total. The van der Waals surface area contributed by atoms with Gasteiger partial charge in [-0.25, -0.2) is 0 Å². The molecular weight excluding hydrogens is 242 g/mol. The highest BCUT2D eigenvalue weighted by Crippen LogP contribution is 2.32. The van der Waals surface area contributed by atoms with E-state index in [1.165, 1.54) is 11.8 Å². The van der Waals surface area contributed by atoms with Crippen molar-refractivity contribution in [3.05, 3.63) is 24.3 Å². The molecular formula is C11H11NO2S2. The number of thioether (sulfide) groups is 1. The van der Waals surface area contributed by atoms with Crippen LogP contribution in [0.2, 0.25) is 0 Å². The lowest BCUT2D eigenvalue weighted by Gasteiger charge is -2.27. The van der Waals surface area contributed by atoms with Gasteiger partial charge in [-0.15, -0.1) is 0 Å². The molecule has 0 aliphatic carbocycles. The van der Waals surface area contributed by atoms with E-state index in [2.05, 4.69) is 0 Å². The Balaban J connectivity index is 2.41. The van der Waals surface area contributed by atoms with E-state index in [4.69, 9.17) is 17.0 Å². The van der Waals surface area contributed by atoms with Gasteiger partial charge in [0.15, 0.2) is 0 Å². The second kappa shape index (κ2) is 4.84. The number of para-hydroxylation sites is 2. The van der Waals surface area contributed by atoms with Crippen LogP contribution in [0.5, 0.6) is 5.75 Å². The van der Waals surface area contributed by atoms with E-state index in [0.717, 1.165) is 11.4 Å². The Bertz CT molecular complexity index is 418. The van der Waals surface area contributed by atoms with E-state index in [-0.39, 0.29) is 5.91 Å². The fourth-order valence-electron chi connectivity index (χ4n) is 1.55. The Morgan fingerprint density at radius 2 is 2.19 bits per heavy atom. The van der Waals surface area contributed by atoms with Gasteiger partial charge in [0.05, 0.1) is 12.8 Å². The number of ether oxygens (including phenoxy) is 1. The average Bonchev–Trinajstić information content (AvgIpc) is 2.29. The molecule has 1 aliphatic rings. The van der Waals surface area contributed by atoms with E-state index < -0.39 is 0 Å². The standard InChI is InChI=1S/C11H11NO2S2/c1-14-9-5-3-2-4-8(9)12-10(13)6-7-16-11(12)15/h2-5H,6-7H2,1H3. The first-order chi connectivity index (χ1) is 7.74. The predicted molar refractivity (Wildman–Crippen MR) is 70.2 cm³/mol. The van der Waals surface area contributed by atoms with Gasteiger partial charge in [0.2, 0.25) is 5.91 Å². The molecule has 1 amide bonds. The number of hydrogen-bond acceptors (Lipinski definition) is 4. The third-order valence-corrected chi connectivity index (χ3v) is 3.67. The fourth-order valence-corrected chi connectivity index (χ4v) is 2.78. The molecule has 16 heavy (non-hydrogen) atoms. The van der Waals surface area contributed by atoms with E-state index in [1.807, 2.05) is 24.3 Å². The van der Waals surface area contributed by atoms with Crippen molar-refractivity contribution >= 4 is 39.9 Å². The van der Waals surface area contributed by atoms with Crippen molar-refractivity contribution in [2.24, 2.45) is 0 Å². The number of hydrogen-bond donors (Lipinski definition) is 0. The third-order valence-electron chi connectivity index (χ3n) is 2.30. The number of carbonyl (C=O) groups excluding carboxylic acids is 1. The molecule has 2 rings (SSSR count). The van der Waals surface area contributed by atoms with Crippen LogP contribution in [0.3, 0.4) is 0 Å². The van der Waals surface area contributed by atoms with Crippen LogP contribution in [0, 0.1) is 0 Å². The Morgan fingerprint density at radius 1 is 1.44 bits per heavy atom. The number of thiocarbonyl (C=S) groups is 1. The quantitative estimate of drug-likeness (QED) is 0.757. The number of carbonyl (C=O) groups is 1. The second-order valence-corrected chi connectivity index (χ2v) is 4.99. The molecule has 0 atom stereocenters. The van der Waals surface area contributed by atoms with Crippen LogP contribution < -0.4 is 9.64 Å². The van der Waals surface area contributed by atoms with Crippen molar-refractivity contribution in [3.8, 4) is 5.75 Å². The third kappa shape index (κ3) is 2.05. The van der Waals surface area contributed by atoms with Crippen LogP contribution in [-0.4, -0.2) is 23.1 Å². The summed E-state index contributed by atoms with van der Waals surface area (Å²) in [5, 5.41) is 0. The maximum atomic E-state index is 11.8. The molecule has 0 bridgehead atoms. The second-order valence-electron chi connectivity index (χ2n) is 3.27. The molecule has 5 heteroatoms. The highest BCUT2D eigenvalue weighted by atomic mass is 32.2. The van der Waals surface area contributed by atoms with Crippen molar-refractivity contribution in [1.82, 2.24) is 0 Å². The summed E-state index contributed by atoms with van der Waals surface area (Å²) in [6, 6.07) is 7.40. The number of rotatable bonds is 2. The van der Waals surface area contributed by atoms with Crippen LogP contribution >= 0.6 is 24.0 Å². The zero-order chi connectivity index (χ0) is 11.5. The van der Waals surface area contributed by atoms with Gasteiger partial charge in [0, 0.05) is 12.2 Å². The fraction of sp³-hybridized carbons (Fsp3) is 0.273. The summed E-state index contributed by atoms with van der Waals surface area (Å²) in [4.78, 5) is 13.4. The largest absolute Gasteiger partial charge is 0.495 e. The van der Waals surface area contributed by atoms with Crippen LogP contribution in [0.1, 0.15) is 6.42 Å². The molecule has 0 radical (unpaired) electrons. The zero-order valence-electron chi connectivity index (χ0n) is 8.80. The summed E-state index contributed by atoms with van der Waals surface area (Å²) in [6.45, 7) is 0. The molecule has 0 aromatic heterocycles. The van der Waals surface area contributed by atoms with Crippen molar-refractivity contribution in [3.63, 3.8) is 0 Å². The van der Waals surface area contributed by atoms with Gasteiger partial charge < -0.3 is 4.74 Å². The summed E-state index contributed by atoms with van der Waals surface area (Å²) >= 11 is 6.73. The smallest absolute Gasteiger partial charge is 0.233 e. The minimum Gasteiger partial charge on any atom is -0.495 e. The lowest BCUT2D eigenvalue weighted by atomic mass is 10.2. The minimum absolute atomic E-state index is 0.0354. The lowest BCUT2D eigenvalue weighted by molar-refractivity contribution is -0.117. The first-order valence-corrected chi connectivity index (χ1v) is 6.26. The van der Waals surface area contributed by atoms with Crippen LogP contribution in [0.4, 0.5) is 5.69 Å². The molecule has 0 spiro atoms. The van der Waals surface area contributed by atoms with Gasteiger partial charge in [-0.3, -0.25) is 9.69 Å². The molecule has 1 aliphatic heterocycles. The van der Waals surface area contributed by atoms with E-state index in [9.17, 15) is 4.79 Å². The summed E-state index contributed by atoms with van der Waals surface area (Å²) < 4.78 is 5.83. The Hall–Kier alpha value is -1.07. The number of anilines is 1. The number of benzene rings is 1. The summed E-state index contributed by atoms with van der Waals surface area (Å²) in [6.07, 6.45) is 0.517. The molecule has 0 saturated carbocycles. The summed E-state index contributed by atoms with van der Waals surface area (Å²) in [7, 11) is 1.59. The SMILES string of the molecule is COc1ccccc1N1C(=O)CCSC1=S. The van der Waals surface area contributed by atoms with Crippen molar-refractivity contribution < 1.29 is 9.53 Å². The van der Waals surface area contributed by atoms with E-state index in [0.29, 0.717) is 16.5 Å². The maximum Gasteiger partial charge on any atom is 0.233 e. The first-order valence-electron chi connectivity index (χ1n) is 4.87. The summed E-state index contributed by atoms with van der Waals surface area (Å²) in [5.74, 6) is 1.47. The Kier molecular flexibility index (Phi) is 3.46. The zero-order valence-corrected chi connectivity index (χ0v) is 10.4. The maximum absolute atomic E-state index is 11.8. The van der Waals surface area contributed by atoms with Gasteiger partial charge in [0.1, 0.15) is 10.1 Å². The van der Waals surface area contributed by atoms with Crippen molar-refractivity contribution in [2.45, 2.75) is 6.42 Å². The van der Waals surface area contributed by atoms with Gasteiger partial charge in [0.25, 0.3) is 0 Å². The summed E-state index contributed by atoms with van der Waals surface area (Å²) in [5.41, 5.74) is 0.729. The monoisotopic (exact) mass is 253 g/mol. The molecule has 3 nitrogen and oxygen atoms in total. The molecule has 0 unspecified atom stereocenters. The van der Waals surface area contributed by atoms with Crippen molar-refractivity contribution in [1.29, 1.82) is 0 Å². The van der Waals surface area contributed by atoms with Gasteiger partial charge >= 0.3 is 0 Å². The molecule has 1 aromatic rings. The molecule has 1 heterocycles. The molecule has 1 saturated heterocycles. The van der Waals surface area contributed by atoms with Crippen LogP contribution in [-0.2, 0) is 4.79 Å². The highest BCUT2D eigenvalue weighted by Gasteiger charge is 2.27. The number of methoxy groups -OCH3 is 1. The predicted octanol–water partition coefficient (Wildman–Crippen LogP) is 2.45.